The highest BCUT2D eigenvalue weighted by Crippen LogP contribution is 2.46. The van der Waals surface area contributed by atoms with Gasteiger partial charge in [-0.2, -0.15) is 13.2 Å². The second kappa shape index (κ2) is 7.62. The minimum Gasteiger partial charge on any atom is -0.456 e. The van der Waals surface area contributed by atoms with Gasteiger partial charge in [-0.1, -0.05) is 35.3 Å². The summed E-state index contributed by atoms with van der Waals surface area (Å²) in [5, 5.41) is 3.41. The Balaban J connectivity index is 1.79. The average Bonchev–Trinajstić information content (AvgIpc) is 2.66. The first-order chi connectivity index (χ1) is 14.6. The van der Waals surface area contributed by atoms with Crippen molar-refractivity contribution in [2.75, 3.05) is 0 Å². The number of aromatic amines is 1. The second-order valence-corrected chi connectivity index (χ2v) is 7.75. The molecule has 1 aliphatic rings. The van der Waals surface area contributed by atoms with Crippen LogP contribution in [-0.2, 0) is 6.18 Å². The van der Waals surface area contributed by atoms with Gasteiger partial charge in [0.05, 0.1) is 6.04 Å². The van der Waals surface area contributed by atoms with E-state index in [1.807, 2.05) is 0 Å². The van der Waals surface area contributed by atoms with E-state index in [9.17, 15) is 22.8 Å². The number of hydrogen-bond donors (Lipinski definition) is 2. The molecule has 0 aliphatic carbocycles. The van der Waals surface area contributed by atoms with Gasteiger partial charge in [0, 0.05) is 21.2 Å². The molecule has 0 spiro atoms. The molecule has 2 N–H and O–H groups in total. The molecule has 160 valence electrons. The van der Waals surface area contributed by atoms with Crippen LogP contribution in [0.1, 0.15) is 38.8 Å². The van der Waals surface area contributed by atoms with Crippen LogP contribution in [0.3, 0.4) is 0 Å². The zero-order valence-corrected chi connectivity index (χ0v) is 17.2. The largest absolute Gasteiger partial charge is 0.456 e. The van der Waals surface area contributed by atoms with Crippen molar-refractivity contribution in [1.29, 1.82) is 0 Å². The van der Waals surface area contributed by atoms with E-state index in [1.165, 1.54) is 6.92 Å². The summed E-state index contributed by atoms with van der Waals surface area (Å²) in [5.74, 6) is -0.0950. The first-order valence-corrected chi connectivity index (χ1v) is 9.69. The molecular formula is C21H13Cl2F3N2O3. The number of nitrogens with one attached hydrogen (secondary N) is 2. The van der Waals surface area contributed by atoms with Gasteiger partial charge >= 0.3 is 6.18 Å². The van der Waals surface area contributed by atoms with Crippen LogP contribution in [0.4, 0.5) is 13.2 Å². The molecule has 5 nitrogen and oxygen atoms in total. The summed E-state index contributed by atoms with van der Waals surface area (Å²) in [6.45, 7) is 1.26. The topological polar surface area (TPSA) is 71.2 Å². The Morgan fingerprint density at radius 2 is 1.87 bits per heavy atom. The first-order valence-electron chi connectivity index (χ1n) is 8.94. The summed E-state index contributed by atoms with van der Waals surface area (Å²) >= 11 is 12.4. The second-order valence-electron chi connectivity index (χ2n) is 6.91. The molecule has 10 heteroatoms. The van der Waals surface area contributed by atoms with E-state index in [-0.39, 0.29) is 5.56 Å². The molecule has 2 heterocycles. The number of amides is 1. The molecule has 1 unspecified atom stereocenters. The Bertz CT molecular complexity index is 1270. The van der Waals surface area contributed by atoms with Crippen molar-refractivity contribution in [3.8, 4) is 11.5 Å². The van der Waals surface area contributed by atoms with E-state index in [0.29, 0.717) is 32.7 Å². The lowest BCUT2D eigenvalue weighted by atomic mass is 9.94. The van der Waals surface area contributed by atoms with Gasteiger partial charge in [0.15, 0.2) is 0 Å². The SMILES string of the molecule is Cc1cc(C(F)(F)F)[nH]c(=O)c1C(=O)NC1c2ccc(Cl)cc2Oc2cccc(Cl)c21. The number of alkyl halides is 3. The first kappa shape index (κ1) is 21.3. The lowest BCUT2D eigenvalue weighted by Gasteiger charge is -2.30. The van der Waals surface area contributed by atoms with E-state index in [0.717, 1.165) is 6.07 Å². The zero-order valence-electron chi connectivity index (χ0n) is 15.7. The number of fused-ring (bicyclic) bond motifs is 2. The fraction of sp³-hybridized carbons (Fsp3) is 0.143. The molecule has 2 aromatic carbocycles. The third kappa shape index (κ3) is 3.88. The van der Waals surface area contributed by atoms with Crippen LogP contribution in [0.2, 0.25) is 10.0 Å². The highest BCUT2D eigenvalue weighted by atomic mass is 35.5. The number of carbonyl (C=O) groups excluding carboxylic acids is 1. The Kier molecular flexibility index (Phi) is 5.23. The summed E-state index contributed by atoms with van der Waals surface area (Å²) in [5.41, 5.74) is -1.94. The maximum absolute atomic E-state index is 13.0. The van der Waals surface area contributed by atoms with Gasteiger partial charge in [-0.05, 0) is 42.8 Å². The van der Waals surface area contributed by atoms with Gasteiger partial charge in [0.1, 0.15) is 22.8 Å². The molecule has 0 saturated carbocycles. The summed E-state index contributed by atoms with van der Waals surface area (Å²) in [6.07, 6.45) is -4.75. The van der Waals surface area contributed by atoms with Crippen LogP contribution in [0.5, 0.6) is 11.5 Å². The fourth-order valence-electron chi connectivity index (χ4n) is 3.47. The number of hydrogen-bond acceptors (Lipinski definition) is 3. The number of pyridine rings is 1. The summed E-state index contributed by atoms with van der Waals surface area (Å²) < 4.78 is 44.7. The molecule has 0 saturated heterocycles. The smallest absolute Gasteiger partial charge is 0.431 e. The van der Waals surface area contributed by atoms with Crippen molar-refractivity contribution < 1.29 is 22.7 Å². The standard InChI is InChI=1S/C21H13Cl2F3N2O3/c1-9-7-15(21(24,25)26)27-19(29)16(9)20(30)28-18-11-6-5-10(22)8-14(11)31-13-4-2-3-12(23)17(13)18/h2-8,18H,1H3,(H,27,29)(H,28,30). The van der Waals surface area contributed by atoms with Crippen molar-refractivity contribution in [1.82, 2.24) is 10.3 Å². The summed E-state index contributed by atoms with van der Waals surface area (Å²) in [7, 11) is 0. The molecule has 0 radical (unpaired) electrons. The normalized spacial score (nSPS) is 15.0. The Labute approximate surface area is 183 Å². The number of halogens is 5. The van der Waals surface area contributed by atoms with E-state index < -0.39 is 34.9 Å². The number of benzene rings is 2. The lowest BCUT2D eigenvalue weighted by Crippen LogP contribution is -2.36. The van der Waals surface area contributed by atoms with E-state index in [1.54, 1.807) is 41.4 Å². The fourth-order valence-corrected chi connectivity index (χ4v) is 3.91. The zero-order chi connectivity index (χ0) is 22.5. The molecular weight excluding hydrogens is 456 g/mol. The minimum atomic E-state index is -4.75. The molecule has 1 atom stereocenters. The average molecular weight is 469 g/mol. The van der Waals surface area contributed by atoms with Crippen LogP contribution in [0.15, 0.2) is 47.3 Å². The third-order valence-electron chi connectivity index (χ3n) is 4.85. The van der Waals surface area contributed by atoms with Crippen LogP contribution in [0, 0.1) is 6.92 Å². The molecule has 0 bridgehead atoms. The highest BCUT2D eigenvalue weighted by molar-refractivity contribution is 6.32. The van der Waals surface area contributed by atoms with Crippen molar-refractivity contribution in [3.05, 3.63) is 90.8 Å². The molecule has 31 heavy (non-hydrogen) atoms. The van der Waals surface area contributed by atoms with E-state index >= 15 is 0 Å². The van der Waals surface area contributed by atoms with Gasteiger partial charge in [-0.3, -0.25) is 9.59 Å². The summed E-state index contributed by atoms with van der Waals surface area (Å²) in [4.78, 5) is 27.0. The van der Waals surface area contributed by atoms with Gasteiger partial charge in [0.25, 0.3) is 11.5 Å². The van der Waals surface area contributed by atoms with Crippen molar-refractivity contribution in [2.45, 2.75) is 19.1 Å². The predicted molar refractivity (Wildman–Crippen MR) is 109 cm³/mol. The van der Waals surface area contributed by atoms with Gasteiger partial charge in [-0.15, -0.1) is 0 Å². The molecule has 0 fully saturated rings. The quantitative estimate of drug-likeness (QED) is 0.511. The van der Waals surface area contributed by atoms with E-state index in [2.05, 4.69) is 5.32 Å². The highest BCUT2D eigenvalue weighted by Gasteiger charge is 2.35. The Hall–Kier alpha value is -2.97. The monoisotopic (exact) mass is 468 g/mol. The lowest BCUT2D eigenvalue weighted by molar-refractivity contribution is -0.141. The van der Waals surface area contributed by atoms with Gasteiger partial charge < -0.3 is 15.0 Å². The Morgan fingerprint density at radius 3 is 2.55 bits per heavy atom. The molecule has 3 aromatic rings. The van der Waals surface area contributed by atoms with Crippen LogP contribution >= 0.6 is 23.2 Å². The van der Waals surface area contributed by atoms with E-state index in [4.69, 9.17) is 27.9 Å². The van der Waals surface area contributed by atoms with Gasteiger partial charge in [-0.25, -0.2) is 0 Å². The van der Waals surface area contributed by atoms with Crippen LogP contribution < -0.4 is 15.6 Å². The predicted octanol–water partition coefficient (Wildman–Crippen LogP) is 5.63. The number of aromatic nitrogens is 1. The number of aryl methyl sites for hydroxylation is 1. The maximum atomic E-state index is 13.0. The molecule has 1 aromatic heterocycles. The number of rotatable bonds is 2. The number of ether oxygens (including phenoxy) is 1. The molecule has 1 aliphatic heterocycles. The summed E-state index contributed by atoms with van der Waals surface area (Å²) in [6, 6.07) is 9.63. The molecule has 1 amide bonds. The van der Waals surface area contributed by atoms with Crippen LogP contribution in [0.25, 0.3) is 0 Å². The van der Waals surface area contributed by atoms with Crippen molar-refractivity contribution in [3.63, 3.8) is 0 Å². The Morgan fingerprint density at radius 1 is 1.13 bits per heavy atom. The molecule has 4 rings (SSSR count). The minimum absolute atomic E-state index is 0.114. The number of carbonyl (C=O) groups is 1. The van der Waals surface area contributed by atoms with Gasteiger partial charge in [0.2, 0.25) is 0 Å². The third-order valence-corrected chi connectivity index (χ3v) is 5.41. The van der Waals surface area contributed by atoms with Crippen LogP contribution in [-0.4, -0.2) is 10.9 Å². The number of H-pyrrole nitrogens is 1. The van der Waals surface area contributed by atoms with Crippen molar-refractivity contribution >= 4 is 29.1 Å². The maximum Gasteiger partial charge on any atom is 0.431 e. The van der Waals surface area contributed by atoms with Crippen molar-refractivity contribution in [2.24, 2.45) is 0 Å².